The van der Waals surface area contributed by atoms with E-state index in [1.165, 1.54) is 16.5 Å². The minimum Gasteiger partial charge on any atom is -0.459 e. The maximum atomic E-state index is 6.24. The Balaban J connectivity index is 2.56. The molecule has 0 radical (unpaired) electrons. The molecule has 0 bridgehead atoms. The number of benzene rings is 1. The lowest BCUT2D eigenvalue weighted by atomic mass is 9.95. The van der Waals surface area contributed by atoms with Gasteiger partial charge in [0.2, 0.25) is 0 Å². The average molecular weight is 273 g/mol. The van der Waals surface area contributed by atoms with Crippen LogP contribution in [0.15, 0.2) is 22.6 Å². The SMILES string of the molecule is CC(C)NCc1oc2c(C(C)C)cccc2c1C(C)C. The van der Waals surface area contributed by atoms with Crippen LogP contribution in [0.4, 0.5) is 0 Å². The van der Waals surface area contributed by atoms with Gasteiger partial charge < -0.3 is 9.73 Å². The van der Waals surface area contributed by atoms with Gasteiger partial charge in [0, 0.05) is 17.0 Å². The summed E-state index contributed by atoms with van der Waals surface area (Å²) < 4.78 is 6.24. The summed E-state index contributed by atoms with van der Waals surface area (Å²) in [6, 6.07) is 6.99. The first-order valence-corrected chi connectivity index (χ1v) is 7.69. The van der Waals surface area contributed by atoms with E-state index in [-0.39, 0.29) is 0 Å². The molecular weight excluding hydrogens is 246 g/mol. The van der Waals surface area contributed by atoms with Gasteiger partial charge in [-0.05, 0) is 17.4 Å². The van der Waals surface area contributed by atoms with Crippen LogP contribution in [-0.4, -0.2) is 6.04 Å². The van der Waals surface area contributed by atoms with E-state index in [2.05, 4.69) is 65.1 Å². The van der Waals surface area contributed by atoms with Crippen LogP contribution < -0.4 is 5.32 Å². The summed E-state index contributed by atoms with van der Waals surface area (Å²) in [5.41, 5.74) is 3.74. The standard InChI is InChI=1S/C18H27NO/c1-11(2)14-8-7-9-15-17(12(3)4)16(20-18(14)15)10-19-13(5)6/h7-9,11-13,19H,10H2,1-6H3. The molecule has 110 valence electrons. The summed E-state index contributed by atoms with van der Waals surface area (Å²) >= 11 is 0. The van der Waals surface area contributed by atoms with Crippen LogP contribution in [0.5, 0.6) is 0 Å². The molecule has 2 aromatic rings. The summed E-state index contributed by atoms with van der Waals surface area (Å²) in [6.07, 6.45) is 0. The van der Waals surface area contributed by atoms with Crippen molar-refractivity contribution in [2.45, 2.75) is 66.0 Å². The Bertz CT molecular complexity index is 578. The Labute approximate surface area is 122 Å². The van der Waals surface area contributed by atoms with Gasteiger partial charge in [0.05, 0.1) is 6.54 Å². The van der Waals surface area contributed by atoms with Gasteiger partial charge in [-0.3, -0.25) is 0 Å². The van der Waals surface area contributed by atoms with Crippen molar-refractivity contribution in [3.05, 3.63) is 35.1 Å². The maximum Gasteiger partial charge on any atom is 0.138 e. The predicted molar refractivity (Wildman–Crippen MR) is 86.4 cm³/mol. The first kappa shape index (κ1) is 15.1. The largest absolute Gasteiger partial charge is 0.459 e. The average Bonchev–Trinajstić information content (AvgIpc) is 2.73. The molecule has 0 amide bonds. The molecule has 0 aliphatic carbocycles. The highest BCUT2D eigenvalue weighted by Crippen LogP contribution is 2.35. The smallest absolute Gasteiger partial charge is 0.138 e. The monoisotopic (exact) mass is 273 g/mol. The number of hydrogen-bond acceptors (Lipinski definition) is 2. The second-order valence-electron chi connectivity index (χ2n) is 6.51. The van der Waals surface area contributed by atoms with E-state index in [9.17, 15) is 0 Å². The first-order chi connectivity index (χ1) is 9.41. The van der Waals surface area contributed by atoms with E-state index in [1.807, 2.05) is 0 Å². The third-order valence-electron chi connectivity index (χ3n) is 3.73. The van der Waals surface area contributed by atoms with E-state index in [4.69, 9.17) is 4.42 Å². The Morgan fingerprint density at radius 3 is 2.25 bits per heavy atom. The third-order valence-corrected chi connectivity index (χ3v) is 3.73. The summed E-state index contributed by atoms with van der Waals surface area (Å²) in [6.45, 7) is 14.1. The lowest BCUT2D eigenvalue weighted by Gasteiger charge is -2.09. The van der Waals surface area contributed by atoms with Crippen LogP contribution in [0, 0.1) is 0 Å². The van der Waals surface area contributed by atoms with Gasteiger partial charge in [-0.25, -0.2) is 0 Å². The van der Waals surface area contributed by atoms with Crippen LogP contribution in [0.2, 0.25) is 0 Å². The molecule has 0 atom stereocenters. The van der Waals surface area contributed by atoms with Crippen molar-refractivity contribution < 1.29 is 4.42 Å². The molecule has 1 heterocycles. The Morgan fingerprint density at radius 2 is 1.70 bits per heavy atom. The number of fused-ring (bicyclic) bond motifs is 1. The Morgan fingerprint density at radius 1 is 1.00 bits per heavy atom. The molecule has 0 fully saturated rings. The van der Waals surface area contributed by atoms with E-state index >= 15 is 0 Å². The first-order valence-electron chi connectivity index (χ1n) is 7.69. The van der Waals surface area contributed by atoms with Crippen molar-refractivity contribution in [1.29, 1.82) is 0 Å². The van der Waals surface area contributed by atoms with Gasteiger partial charge in [0.1, 0.15) is 11.3 Å². The molecule has 20 heavy (non-hydrogen) atoms. The van der Waals surface area contributed by atoms with Crippen LogP contribution >= 0.6 is 0 Å². The number of hydrogen-bond donors (Lipinski definition) is 1. The van der Waals surface area contributed by atoms with Crippen LogP contribution in [-0.2, 0) is 6.54 Å². The zero-order valence-electron chi connectivity index (χ0n) is 13.6. The second-order valence-corrected chi connectivity index (χ2v) is 6.51. The van der Waals surface area contributed by atoms with E-state index in [0.29, 0.717) is 17.9 Å². The second kappa shape index (κ2) is 6.01. The normalized spacial score (nSPS) is 12.2. The molecule has 0 aliphatic heterocycles. The van der Waals surface area contributed by atoms with Crippen LogP contribution in [0.1, 0.15) is 70.3 Å². The van der Waals surface area contributed by atoms with Crippen molar-refractivity contribution in [1.82, 2.24) is 5.32 Å². The minimum absolute atomic E-state index is 0.466. The van der Waals surface area contributed by atoms with Crippen LogP contribution in [0.3, 0.4) is 0 Å². The maximum absolute atomic E-state index is 6.24. The minimum atomic E-state index is 0.466. The molecule has 0 spiro atoms. The molecule has 1 aromatic heterocycles. The molecule has 2 heteroatoms. The number of para-hydroxylation sites is 1. The van der Waals surface area contributed by atoms with Crippen molar-refractivity contribution in [2.24, 2.45) is 0 Å². The van der Waals surface area contributed by atoms with Crippen molar-refractivity contribution in [3.63, 3.8) is 0 Å². The van der Waals surface area contributed by atoms with Gasteiger partial charge >= 0.3 is 0 Å². The van der Waals surface area contributed by atoms with Crippen molar-refractivity contribution in [2.75, 3.05) is 0 Å². The molecule has 2 rings (SSSR count). The zero-order chi connectivity index (χ0) is 14.9. The van der Waals surface area contributed by atoms with Crippen LogP contribution in [0.25, 0.3) is 11.0 Å². The Kier molecular flexibility index (Phi) is 4.54. The lowest BCUT2D eigenvalue weighted by molar-refractivity contribution is 0.478. The number of rotatable bonds is 5. The topological polar surface area (TPSA) is 25.2 Å². The van der Waals surface area contributed by atoms with Gasteiger partial charge in [-0.1, -0.05) is 59.7 Å². The highest BCUT2D eigenvalue weighted by molar-refractivity contribution is 5.86. The quantitative estimate of drug-likeness (QED) is 0.812. The van der Waals surface area contributed by atoms with Gasteiger partial charge in [-0.15, -0.1) is 0 Å². The predicted octanol–water partition coefficient (Wildman–Crippen LogP) is 5.18. The summed E-state index contributed by atoms with van der Waals surface area (Å²) in [5.74, 6) is 2.05. The molecule has 1 aromatic carbocycles. The molecule has 0 unspecified atom stereocenters. The van der Waals surface area contributed by atoms with Gasteiger partial charge in [-0.2, -0.15) is 0 Å². The summed E-state index contributed by atoms with van der Waals surface area (Å²) in [5, 5.41) is 4.76. The molecular formula is C18H27NO. The molecule has 1 N–H and O–H groups in total. The molecule has 0 aliphatic rings. The van der Waals surface area contributed by atoms with Gasteiger partial charge in [0.25, 0.3) is 0 Å². The highest BCUT2D eigenvalue weighted by atomic mass is 16.3. The van der Waals surface area contributed by atoms with Crippen molar-refractivity contribution >= 4 is 11.0 Å². The number of furan rings is 1. The fraction of sp³-hybridized carbons (Fsp3) is 0.556. The van der Waals surface area contributed by atoms with E-state index in [0.717, 1.165) is 17.9 Å². The number of nitrogens with one attached hydrogen (secondary N) is 1. The lowest BCUT2D eigenvalue weighted by Crippen LogP contribution is -2.22. The third kappa shape index (κ3) is 2.90. The zero-order valence-corrected chi connectivity index (χ0v) is 13.6. The van der Waals surface area contributed by atoms with Crippen molar-refractivity contribution in [3.8, 4) is 0 Å². The molecule has 2 nitrogen and oxygen atoms in total. The molecule has 0 saturated carbocycles. The van der Waals surface area contributed by atoms with E-state index < -0.39 is 0 Å². The highest BCUT2D eigenvalue weighted by Gasteiger charge is 2.19. The van der Waals surface area contributed by atoms with Gasteiger partial charge in [0.15, 0.2) is 0 Å². The summed E-state index contributed by atoms with van der Waals surface area (Å²) in [4.78, 5) is 0. The van der Waals surface area contributed by atoms with E-state index in [1.54, 1.807) is 0 Å². The molecule has 0 saturated heterocycles. The summed E-state index contributed by atoms with van der Waals surface area (Å²) in [7, 11) is 0. The fourth-order valence-corrected chi connectivity index (χ4v) is 2.73. The Hall–Kier alpha value is -1.28. The fourth-order valence-electron chi connectivity index (χ4n) is 2.73.